The van der Waals surface area contributed by atoms with Gasteiger partial charge in [0.2, 0.25) is 5.89 Å². The Bertz CT molecular complexity index is 403. The van der Waals surface area contributed by atoms with E-state index in [2.05, 4.69) is 29.3 Å². The molecular formula is C14H23N3O. The Balaban J connectivity index is 1.76. The number of hydrogen-bond acceptors (Lipinski definition) is 4. The van der Waals surface area contributed by atoms with E-state index in [-0.39, 0.29) is 5.41 Å². The Morgan fingerprint density at radius 1 is 1.22 bits per heavy atom. The van der Waals surface area contributed by atoms with Gasteiger partial charge in [-0.05, 0) is 44.7 Å². The summed E-state index contributed by atoms with van der Waals surface area (Å²) in [5.74, 6) is 2.93. The van der Waals surface area contributed by atoms with E-state index in [9.17, 15) is 0 Å². The molecule has 0 radical (unpaired) electrons. The highest BCUT2D eigenvalue weighted by Gasteiger charge is 2.38. The minimum atomic E-state index is -0.0115. The van der Waals surface area contributed by atoms with Crippen LogP contribution >= 0.6 is 0 Å². The second-order valence-corrected chi connectivity index (χ2v) is 6.35. The summed E-state index contributed by atoms with van der Waals surface area (Å²) in [4.78, 5) is 4.67. The molecule has 0 amide bonds. The molecule has 1 aliphatic heterocycles. The van der Waals surface area contributed by atoms with E-state index in [1.807, 2.05) is 0 Å². The number of nitrogens with one attached hydrogen (secondary N) is 1. The van der Waals surface area contributed by atoms with Crippen molar-refractivity contribution < 1.29 is 4.52 Å². The lowest BCUT2D eigenvalue weighted by atomic mass is 9.75. The summed E-state index contributed by atoms with van der Waals surface area (Å²) in [5, 5.41) is 7.67. The number of piperidine rings is 1. The lowest BCUT2D eigenvalue weighted by molar-refractivity contribution is 0.196. The first-order valence-corrected chi connectivity index (χ1v) is 7.22. The highest BCUT2D eigenvalue weighted by molar-refractivity contribution is 5.08. The van der Waals surface area contributed by atoms with Gasteiger partial charge in [-0.15, -0.1) is 0 Å². The van der Waals surface area contributed by atoms with Gasteiger partial charge in [0.1, 0.15) is 0 Å². The molecule has 4 nitrogen and oxygen atoms in total. The zero-order valence-corrected chi connectivity index (χ0v) is 11.4. The van der Waals surface area contributed by atoms with Crippen molar-refractivity contribution >= 4 is 0 Å². The van der Waals surface area contributed by atoms with Gasteiger partial charge in [-0.2, -0.15) is 4.98 Å². The molecular weight excluding hydrogens is 226 g/mol. The molecule has 0 spiro atoms. The van der Waals surface area contributed by atoms with Crippen LogP contribution in [0, 0.1) is 5.92 Å². The van der Waals surface area contributed by atoms with E-state index in [1.165, 1.54) is 32.1 Å². The molecule has 4 heteroatoms. The van der Waals surface area contributed by atoms with E-state index < -0.39 is 0 Å². The van der Waals surface area contributed by atoms with E-state index in [0.29, 0.717) is 11.8 Å². The minimum Gasteiger partial charge on any atom is -0.339 e. The molecule has 1 unspecified atom stereocenters. The number of hydrogen-bond donors (Lipinski definition) is 1. The molecule has 1 aromatic rings. The molecule has 2 aliphatic rings. The van der Waals surface area contributed by atoms with Crippen LogP contribution in [0.4, 0.5) is 0 Å². The maximum Gasteiger partial charge on any atom is 0.232 e. The summed E-state index contributed by atoms with van der Waals surface area (Å²) in [6.07, 6.45) is 6.26. The molecule has 1 N–H and O–H groups in total. The summed E-state index contributed by atoms with van der Waals surface area (Å²) >= 11 is 0. The van der Waals surface area contributed by atoms with Gasteiger partial charge in [-0.25, -0.2) is 0 Å². The summed E-state index contributed by atoms with van der Waals surface area (Å²) in [7, 11) is 0. The van der Waals surface area contributed by atoms with Crippen LogP contribution < -0.4 is 5.32 Å². The van der Waals surface area contributed by atoms with Crippen molar-refractivity contribution in [1.82, 2.24) is 15.5 Å². The third kappa shape index (κ3) is 2.07. The molecule has 1 saturated carbocycles. The average molecular weight is 249 g/mol. The fraction of sp³-hybridized carbons (Fsp3) is 0.857. The zero-order valence-electron chi connectivity index (χ0n) is 11.4. The van der Waals surface area contributed by atoms with Crippen LogP contribution in [0.25, 0.3) is 0 Å². The van der Waals surface area contributed by atoms with Crippen molar-refractivity contribution in [2.75, 3.05) is 13.1 Å². The van der Waals surface area contributed by atoms with Crippen molar-refractivity contribution in [3.63, 3.8) is 0 Å². The van der Waals surface area contributed by atoms with Crippen molar-refractivity contribution in [2.45, 2.75) is 57.3 Å². The van der Waals surface area contributed by atoms with Gasteiger partial charge in [0.05, 0.1) is 0 Å². The highest BCUT2D eigenvalue weighted by Crippen LogP contribution is 2.38. The lowest BCUT2D eigenvalue weighted by Gasteiger charge is -2.34. The summed E-state index contributed by atoms with van der Waals surface area (Å²) in [6, 6.07) is 0. The first-order valence-electron chi connectivity index (χ1n) is 7.22. The number of aromatic nitrogens is 2. The first kappa shape index (κ1) is 12.2. The Morgan fingerprint density at radius 3 is 2.67 bits per heavy atom. The zero-order chi connectivity index (χ0) is 12.6. The van der Waals surface area contributed by atoms with Gasteiger partial charge >= 0.3 is 0 Å². The molecule has 1 aliphatic carbocycles. The third-order valence-electron chi connectivity index (χ3n) is 4.78. The number of rotatable bonds is 3. The van der Waals surface area contributed by atoms with Gasteiger partial charge in [0, 0.05) is 11.3 Å². The quantitative estimate of drug-likeness (QED) is 0.894. The van der Waals surface area contributed by atoms with Crippen LogP contribution in [-0.2, 0) is 5.41 Å². The van der Waals surface area contributed by atoms with Crippen molar-refractivity contribution in [3.8, 4) is 0 Å². The molecule has 1 atom stereocenters. The van der Waals surface area contributed by atoms with Crippen LogP contribution in [0.1, 0.15) is 63.6 Å². The molecule has 3 rings (SSSR count). The fourth-order valence-electron chi connectivity index (χ4n) is 2.97. The van der Waals surface area contributed by atoms with E-state index in [0.717, 1.165) is 24.8 Å². The lowest BCUT2D eigenvalue weighted by Crippen LogP contribution is -2.41. The van der Waals surface area contributed by atoms with Gasteiger partial charge in [-0.1, -0.05) is 25.4 Å². The van der Waals surface area contributed by atoms with Crippen LogP contribution in [0.3, 0.4) is 0 Å². The Morgan fingerprint density at radius 2 is 2.06 bits per heavy atom. The minimum absolute atomic E-state index is 0.0115. The van der Waals surface area contributed by atoms with Gasteiger partial charge < -0.3 is 9.84 Å². The fourth-order valence-corrected chi connectivity index (χ4v) is 2.97. The van der Waals surface area contributed by atoms with Gasteiger partial charge in [-0.3, -0.25) is 0 Å². The smallest absolute Gasteiger partial charge is 0.232 e. The van der Waals surface area contributed by atoms with Crippen molar-refractivity contribution in [2.24, 2.45) is 5.92 Å². The van der Waals surface area contributed by atoms with E-state index in [4.69, 9.17) is 4.52 Å². The standard InChI is InChI=1S/C14H23N3O/c1-14(2,11-7-4-8-15-9-11)13-16-12(17-18-13)10-5-3-6-10/h10-11,15H,3-9H2,1-2H3. The molecule has 1 aromatic heterocycles. The molecule has 0 aromatic carbocycles. The molecule has 100 valence electrons. The molecule has 18 heavy (non-hydrogen) atoms. The topological polar surface area (TPSA) is 51.0 Å². The average Bonchev–Trinajstić information content (AvgIpc) is 2.78. The van der Waals surface area contributed by atoms with Crippen LogP contribution in [0.15, 0.2) is 4.52 Å². The highest BCUT2D eigenvalue weighted by atomic mass is 16.5. The predicted molar refractivity (Wildman–Crippen MR) is 69.5 cm³/mol. The second-order valence-electron chi connectivity index (χ2n) is 6.35. The summed E-state index contributed by atoms with van der Waals surface area (Å²) < 4.78 is 5.55. The predicted octanol–water partition coefficient (Wildman–Crippen LogP) is 2.61. The maximum atomic E-state index is 5.55. The van der Waals surface area contributed by atoms with Crippen LogP contribution in [0.2, 0.25) is 0 Å². The third-order valence-corrected chi connectivity index (χ3v) is 4.78. The maximum absolute atomic E-state index is 5.55. The van der Waals surface area contributed by atoms with E-state index in [1.54, 1.807) is 0 Å². The van der Waals surface area contributed by atoms with Gasteiger partial charge in [0.15, 0.2) is 5.82 Å². The van der Waals surface area contributed by atoms with Crippen LogP contribution in [-0.4, -0.2) is 23.2 Å². The molecule has 1 saturated heterocycles. The summed E-state index contributed by atoms with van der Waals surface area (Å²) in [5.41, 5.74) is -0.0115. The summed E-state index contributed by atoms with van der Waals surface area (Å²) in [6.45, 7) is 6.68. The molecule has 2 fully saturated rings. The monoisotopic (exact) mass is 249 g/mol. The molecule has 0 bridgehead atoms. The molecule has 2 heterocycles. The normalized spacial score (nSPS) is 26.0. The van der Waals surface area contributed by atoms with E-state index >= 15 is 0 Å². The van der Waals surface area contributed by atoms with Crippen molar-refractivity contribution in [3.05, 3.63) is 11.7 Å². The van der Waals surface area contributed by atoms with Crippen molar-refractivity contribution in [1.29, 1.82) is 0 Å². The Hall–Kier alpha value is -0.900. The SMILES string of the molecule is CC(C)(c1nc(C2CCC2)no1)C1CCCNC1. The first-order chi connectivity index (χ1) is 8.68. The van der Waals surface area contributed by atoms with Crippen LogP contribution in [0.5, 0.6) is 0 Å². The Labute approximate surface area is 109 Å². The van der Waals surface area contributed by atoms with Gasteiger partial charge in [0.25, 0.3) is 0 Å². The largest absolute Gasteiger partial charge is 0.339 e. The number of nitrogens with zero attached hydrogens (tertiary/aromatic N) is 2. The Kier molecular flexibility index (Phi) is 3.14. The second kappa shape index (κ2) is 4.65.